The number of aliphatic imine (C=N–C) groups is 1. The van der Waals surface area contributed by atoms with Crippen molar-refractivity contribution in [1.82, 2.24) is 0 Å². The number of ether oxygens (including phenoxy) is 3. The van der Waals surface area contributed by atoms with E-state index in [2.05, 4.69) is 50.2 Å². The maximum atomic E-state index is 12.3. The summed E-state index contributed by atoms with van der Waals surface area (Å²) in [6.45, 7) is 5.93. The minimum absolute atomic E-state index is 0.0287. The summed E-state index contributed by atoms with van der Waals surface area (Å²) in [5, 5.41) is 0. The summed E-state index contributed by atoms with van der Waals surface area (Å²) in [5.41, 5.74) is 2.92. The minimum Gasteiger partial charge on any atom is -0.493 e. The Balaban J connectivity index is 1.96. The molecule has 0 unspecified atom stereocenters. The number of rotatable bonds is 5. The largest absolute Gasteiger partial charge is 0.493 e. The molecule has 0 atom stereocenters. The van der Waals surface area contributed by atoms with E-state index in [1.165, 1.54) is 0 Å². The van der Waals surface area contributed by atoms with Gasteiger partial charge in [0.05, 0.1) is 16.8 Å². The average molecular weight is 603 g/mol. The molecule has 7 heteroatoms. The Bertz CT molecular complexity index is 996. The highest BCUT2D eigenvalue weighted by molar-refractivity contribution is 14.1. The Kier molecular flexibility index (Phi) is 6.64. The smallest absolute Gasteiger partial charge is 0.363 e. The van der Waals surface area contributed by atoms with E-state index in [1.54, 1.807) is 13.2 Å². The molecule has 0 amide bonds. The van der Waals surface area contributed by atoms with E-state index in [0.29, 0.717) is 17.4 Å². The van der Waals surface area contributed by atoms with Crippen molar-refractivity contribution in [3.8, 4) is 11.5 Å². The fraction of sp³-hybridized carbons (Fsp3) is 0.238. The van der Waals surface area contributed by atoms with Crippen molar-refractivity contribution in [1.29, 1.82) is 0 Å². The highest BCUT2D eigenvalue weighted by atomic mass is 127. The van der Waals surface area contributed by atoms with Gasteiger partial charge in [-0.2, -0.15) is 0 Å². The molecule has 1 aliphatic rings. The molecule has 0 N–H and O–H groups in total. The van der Waals surface area contributed by atoms with E-state index in [1.807, 2.05) is 51.1 Å². The summed E-state index contributed by atoms with van der Waals surface area (Å²) < 4.78 is 18.7. The molecule has 0 saturated heterocycles. The van der Waals surface area contributed by atoms with Crippen molar-refractivity contribution in [2.24, 2.45) is 4.99 Å². The van der Waals surface area contributed by atoms with Gasteiger partial charge in [0.15, 0.2) is 17.2 Å². The van der Waals surface area contributed by atoms with Crippen LogP contribution in [0.25, 0.3) is 6.08 Å². The first kappa shape index (κ1) is 21.1. The molecule has 0 bridgehead atoms. The third-order valence-electron chi connectivity index (χ3n) is 3.93. The second-order valence-corrected chi connectivity index (χ2v) is 8.83. The standard InChI is InChI=1S/C21H19I2NO4/c1-11(2)27-19-16(23)8-13(10-18(19)26-4)9-17-21(25)28-20(24-17)14-5-6-15(22)12(3)7-14/h5-11H,1-4H3/b17-9-. The van der Waals surface area contributed by atoms with Crippen LogP contribution in [0.1, 0.15) is 30.5 Å². The number of hydrogen-bond acceptors (Lipinski definition) is 5. The highest BCUT2D eigenvalue weighted by Gasteiger charge is 2.25. The number of methoxy groups -OCH3 is 1. The molecule has 3 rings (SSSR count). The minimum atomic E-state index is -0.470. The lowest BCUT2D eigenvalue weighted by atomic mass is 10.1. The van der Waals surface area contributed by atoms with Gasteiger partial charge < -0.3 is 14.2 Å². The van der Waals surface area contributed by atoms with Gasteiger partial charge >= 0.3 is 5.97 Å². The van der Waals surface area contributed by atoms with Crippen molar-refractivity contribution in [2.75, 3.05) is 7.11 Å². The summed E-state index contributed by atoms with van der Waals surface area (Å²) in [6, 6.07) is 9.57. The molecule has 0 radical (unpaired) electrons. The first-order valence-electron chi connectivity index (χ1n) is 8.61. The summed E-state index contributed by atoms with van der Waals surface area (Å²) >= 11 is 4.46. The van der Waals surface area contributed by atoms with Crippen LogP contribution < -0.4 is 9.47 Å². The molecule has 0 saturated carbocycles. The molecular formula is C21H19I2NO4. The van der Waals surface area contributed by atoms with Crippen LogP contribution >= 0.6 is 45.2 Å². The highest BCUT2D eigenvalue weighted by Crippen LogP contribution is 2.35. The Labute approximate surface area is 191 Å². The van der Waals surface area contributed by atoms with Gasteiger partial charge in [0, 0.05) is 9.13 Å². The molecular weight excluding hydrogens is 584 g/mol. The number of benzene rings is 2. The lowest BCUT2D eigenvalue weighted by Gasteiger charge is -2.15. The second kappa shape index (κ2) is 8.81. The van der Waals surface area contributed by atoms with E-state index in [4.69, 9.17) is 14.2 Å². The SMILES string of the molecule is COc1cc(/C=C2\N=C(c3ccc(I)c(C)c3)OC2=O)cc(I)c1OC(C)C. The topological polar surface area (TPSA) is 57.1 Å². The summed E-state index contributed by atoms with van der Waals surface area (Å²) in [6.07, 6.45) is 1.72. The molecule has 2 aromatic rings. The molecule has 5 nitrogen and oxygen atoms in total. The van der Waals surface area contributed by atoms with Crippen LogP contribution in [0.5, 0.6) is 11.5 Å². The molecule has 1 aliphatic heterocycles. The van der Waals surface area contributed by atoms with Crippen LogP contribution in [-0.4, -0.2) is 25.1 Å². The van der Waals surface area contributed by atoms with Gasteiger partial charge in [-0.15, -0.1) is 0 Å². The predicted octanol–water partition coefficient (Wildman–Crippen LogP) is 5.34. The monoisotopic (exact) mass is 603 g/mol. The molecule has 0 spiro atoms. The van der Waals surface area contributed by atoms with E-state index in [-0.39, 0.29) is 11.8 Å². The first-order valence-corrected chi connectivity index (χ1v) is 10.8. The number of carbonyl (C=O) groups excluding carboxylic acids is 1. The van der Waals surface area contributed by atoms with E-state index < -0.39 is 5.97 Å². The lowest BCUT2D eigenvalue weighted by molar-refractivity contribution is -0.129. The fourth-order valence-electron chi connectivity index (χ4n) is 2.64. The van der Waals surface area contributed by atoms with Crippen molar-refractivity contribution in [3.63, 3.8) is 0 Å². The predicted molar refractivity (Wildman–Crippen MR) is 126 cm³/mol. The van der Waals surface area contributed by atoms with Crippen LogP contribution in [0.4, 0.5) is 0 Å². The Morgan fingerprint density at radius 1 is 1.14 bits per heavy atom. The Morgan fingerprint density at radius 3 is 2.54 bits per heavy atom. The van der Waals surface area contributed by atoms with Crippen molar-refractivity contribution in [2.45, 2.75) is 26.9 Å². The number of halogens is 2. The van der Waals surface area contributed by atoms with Gasteiger partial charge in [-0.05, 0) is 113 Å². The van der Waals surface area contributed by atoms with Crippen LogP contribution in [0.3, 0.4) is 0 Å². The van der Waals surface area contributed by atoms with Gasteiger partial charge in [0.25, 0.3) is 0 Å². The third-order valence-corrected chi connectivity index (χ3v) is 5.95. The molecule has 0 aliphatic carbocycles. The quantitative estimate of drug-likeness (QED) is 0.263. The zero-order valence-electron chi connectivity index (χ0n) is 15.9. The Hall–Kier alpha value is -1.62. The molecule has 28 heavy (non-hydrogen) atoms. The third kappa shape index (κ3) is 4.68. The van der Waals surface area contributed by atoms with Crippen LogP contribution in [0.15, 0.2) is 41.0 Å². The van der Waals surface area contributed by atoms with Crippen molar-refractivity contribution >= 4 is 63.1 Å². The lowest BCUT2D eigenvalue weighted by Crippen LogP contribution is -2.08. The molecule has 0 aromatic heterocycles. The fourth-order valence-corrected chi connectivity index (χ4v) is 3.73. The Morgan fingerprint density at radius 2 is 1.89 bits per heavy atom. The first-order chi connectivity index (χ1) is 13.3. The second-order valence-electron chi connectivity index (χ2n) is 6.50. The zero-order valence-corrected chi connectivity index (χ0v) is 20.2. The van der Waals surface area contributed by atoms with Crippen LogP contribution in [0.2, 0.25) is 0 Å². The van der Waals surface area contributed by atoms with E-state index in [0.717, 1.165) is 23.8 Å². The number of hydrogen-bond donors (Lipinski definition) is 0. The van der Waals surface area contributed by atoms with E-state index in [9.17, 15) is 4.79 Å². The van der Waals surface area contributed by atoms with Crippen LogP contribution in [0, 0.1) is 14.1 Å². The number of cyclic esters (lactones) is 1. The molecule has 2 aromatic carbocycles. The molecule has 0 fully saturated rings. The average Bonchev–Trinajstić information content (AvgIpc) is 2.99. The van der Waals surface area contributed by atoms with Crippen molar-refractivity contribution in [3.05, 3.63) is 59.9 Å². The van der Waals surface area contributed by atoms with Crippen LogP contribution in [-0.2, 0) is 9.53 Å². The maximum absolute atomic E-state index is 12.3. The van der Waals surface area contributed by atoms with Gasteiger partial charge in [-0.1, -0.05) is 0 Å². The van der Waals surface area contributed by atoms with Gasteiger partial charge in [0.1, 0.15) is 0 Å². The molecule has 1 heterocycles. The summed E-state index contributed by atoms with van der Waals surface area (Å²) in [4.78, 5) is 16.7. The maximum Gasteiger partial charge on any atom is 0.363 e. The number of nitrogens with zero attached hydrogens (tertiary/aromatic N) is 1. The van der Waals surface area contributed by atoms with Gasteiger partial charge in [0.2, 0.25) is 5.90 Å². The van der Waals surface area contributed by atoms with Gasteiger partial charge in [-0.25, -0.2) is 9.79 Å². The number of aryl methyl sites for hydroxylation is 1. The number of carbonyl (C=O) groups is 1. The normalized spacial score (nSPS) is 15.0. The van der Waals surface area contributed by atoms with Crippen molar-refractivity contribution < 1.29 is 19.0 Å². The summed E-state index contributed by atoms with van der Waals surface area (Å²) in [7, 11) is 1.59. The summed E-state index contributed by atoms with van der Waals surface area (Å²) in [5.74, 6) is 1.14. The zero-order chi connectivity index (χ0) is 20.4. The molecule has 146 valence electrons. The van der Waals surface area contributed by atoms with Gasteiger partial charge in [-0.3, -0.25) is 0 Å². The van der Waals surface area contributed by atoms with E-state index >= 15 is 0 Å². The number of esters is 1.